The van der Waals surface area contributed by atoms with Crippen LogP contribution >= 0.6 is 15.9 Å². The molecule has 0 radical (unpaired) electrons. The molecule has 2 aromatic rings. The van der Waals surface area contributed by atoms with E-state index in [0.717, 1.165) is 5.56 Å². The van der Waals surface area contributed by atoms with Gasteiger partial charge >= 0.3 is 0 Å². The molecule has 0 aliphatic heterocycles. The Morgan fingerprint density at radius 3 is 2.76 bits per heavy atom. The highest BCUT2D eigenvalue weighted by Crippen LogP contribution is 2.29. The Labute approximate surface area is 129 Å². The van der Waals surface area contributed by atoms with Crippen molar-refractivity contribution in [1.29, 1.82) is 0 Å². The van der Waals surface area contributed by atoms with Gasteiger partial charge in [-0.1, -0.05) is 12.1 Å². The van der Waals surface area contributed by atoms with Crippen molar-refractivity contribution in [3.63, 3.8) is 0 Å². The molecular weight excluding hydrogens is 338 g/mol. The van der Waals surface area contributed by atoms with Crippen molar-refractivity contribution in [2.75, 3.05) is 7.05 Å². The van der Waals surface area contributed by atoms with E-state index in [2.05, 4.69) is 20.9 Å². The zero-order valence-electron chi connectivity index (χ0n) is 11.2. The van der Waals surface area contributed by atoms with E-state index in [9.17, 15) is 14.9 Å². The van der Waals surface area contributed by atoms with Crippen LogP contribution in [0.4, 0.5) is 5.69 Å². The lowest BCUT2D eigenvalue weighted by Crippen LogP contribution is -2.26. The third-order valence-electron chi connectivity index (χ3n) is 2.89. The number of hydrogen-bond donors (Lipinski definition) is 0. The van der Waals surface area contributed by atoms with Crippen LogP contribution in [0.3, 0.4) is 0 Å². The fourth-order valence-electron chi connectivity index (χ4n) is 1.87. The summed E-state index contributed by atoms with van der Waals surface area (Å²) in [6, 6.07) is 8.05. The maximum Gasteiger partial charge on any atom is 0.284 e. The summed E-state index contributed by atoms with van der Waals surface area (Å²) in [5.41, 5.74) is 1.01. The highest BCUT2D eigenvalue weighted by molar-refractivity contribution is 9.10. The molecule has 1 amide bonds. The molecule has 0 aliphatic rings. The van der Waals surface area contributed by atoms with Crippen LogP contribution in [0.1, 0.15) is 15.9 Å². The van der Waals surface area contributed by atoms with Gasteiger partial charge in [0.15, 0.2) is 0 Å². The number of carbonyl (C=O) groups excluding carboxylic acids is 1. The largest absolute Gasteiger partial charge is 0.337 e. The first-order valence-electron chi connectivity index (χ1n) is 6.08. The minimum atomic E-state index is -0.526. The molecule has 0 fully saturated rings. The van der Waals surface area contributed by atoms with Crippen LogP contribution in [0.15, 0.2) is 47.2 Å². The van der Waals surface area contributed by atoms with Crippen molar-refractivity contribution in [3.8, 4) is 0 Å². The highest BCUT2D eigenvalue weighted by atomic mass is 79.9. The molecule has 0 saturated carbocycles. The molecule has 0 atom stereocenters. The van der Waals surface area contributed by atoms with E-state index >= 15 is 0 Å². The third-order valence-corrected chi connectivity index (χ3v) is 3.73. The highest BCUT2D eigenvalue weighted by Gasteiger charge is 2.21. The zero-order chi connectivity index (χ0) is 15.4. The van der Waals surface area contributed by atoms with Crippen LogP contribution in [0.25, 0.3) is 0 Å². The molecule has 21 heavy (non-hydrogen) atoms. The van der Waals surface area contributed by atoms with E-state index in [1.807, 2.05) is 6.07 Å². The summed E-state index contributed by atoms with van der Waals surface area (Å²) in [4.78, 5) is 28.2. The molecule has 0 aliphatic carbocycles. The molecule has 0 N–H and O–H groups in total. The number of rotatable bonds is 4. The molecular formula is C14H12BrN3O3. The SMILES string of the molecule is CN(Cc1cccnc1)C(=O)c1cccc([N+](=O)[O-])c1Br. The van der Waals surface area contributed by atoms with Crippen molar-refractivity contribution in [3.05, 3.63) is 68.4 Å². The van der Waals surface area contributed by atoms with Gasteiger partial charge < -0.3 is 4.90 Å². The normalized spacial score (nSPS) is 10.2. The van der Waals surface area contributed by atoms with E-state index < -0.39 is 4.92 Å². The molecule has 7 heteroatoms. The number of amides is 1. The number of hydrogen-bond acceptors (Lipinski definition) is 4. The maximum absolute atomic E-state index is 12.4. The second kappa shape index (κ2) is 6.45. The van der Waals surface area contributed by atoms with Gasteiger partial charge in [0.2, 0.25) is 0 Å². The molecule has 108 valence electrons. The summed E-state index contributed by atoms with van der Waals surface area (Å²) < 4.78 is 0.193. The van der Waals surface area contributed by atoms with E-state index in [1.165, 1.54) is 17.0 Å². The molecule has 0 saturated heterocycles. The molecule has 6 nitrogen and oxygen atoms in total. The number of halogens is 1. The first kappa shape index (κ1) is 15.1. The summed E-state index contributed by atoms with van der Waals surface area (Å²) in [6.45, 7) is 0.377. The number of carbonyl (C=O) groups is 1. The van der Waals surface area contributed by atoms with Crippen molar-refractivity contribution < 1.29 is 9.72 Å². The molecule has 0 bridgehead atoms. The standard InChI is InChI=1S/C14H12BrN3O3/c1-17(9-10-4-3-7-16-8-10)14(19)11-5-2-6-12(13(11)15)18(20)21/h2-8H,9H2,1H3. The number of nitrogens with zero attached hydrogens (tertiary/aromatic N) is 3. The Morgan fingerprint density at radius 2 is 2.14 bits per heavy atom. The summed E-state index contributed by atoms with van der Waals surface area (Å²) >= 11 is 3.13. The number of aromatic nitrogens is 1. The van der Waals surface area contributed by atoms with Crippen LogP contribution in [0, 0.1) is 10.1 Å². The predicted molar refractivity (Wildman–Crippen MR) is 80.8 cm³/mol. The van der Waals surface area contributed by atoms with Gasteiger partial charge in [-0.25, -0.2) is 0 Å². The fourth-order valence-corrected chi connectivity index (χ4v) is 2.45. The van der Waals surface area contributed by atoms with Gasteiger partial charge in [0, 0.05) is 32.1 Å². The van der Waals surface area contributed by atoms with Gasteiger partial charge in [-0.15, -0.1) is 0 Å². The topological polar surface area (TPSA) is 76.3 Å². The second-order valence-corrected chi connectivity index (χ2v) is 5.21. The first-order valence-corrected chi connectivity index (χ1v) is 6.87. The maximum atomic E-state index is 12.4. The molecule has 1 aromatic heterocycles. The molecule has 0 unspecified atom stereocenters. The van der Waals surface area contributed by atoms with E-state index in [1.54, 1.807) is 31.6 Å². The van der Waals surface area contributed by atoms with Gasteiger partial charge in [-0.3, -0.25) is 19.9 Å². The van der Waals surface area contributed by atoms with E-state index in [4.69, 9.17) is 0 Å². The van der Waals surface area contributed by atoms with E-state index in [0.29, 0.717) is 6.54 Å². The summed E-state index contributed by atoms with van der Waals surface area (Å²) in [7, 11) is 1.64. The van der Waals surface area contributed by atoms with Gasteiger partial charge in [-0.05, 0) is 33.6 Å². The van der Waals surface area contributed by atoms with Gasteiger partial charge in [0.25, 0.3) is 11.6 Å². The zero-order valence-corrected chi connectivity index (χ0v) is 12.8. The van der Waals surface area contributed by atoms with Crippen molar-refractivity contribution >= 4 is 27.5 Å². The summed E-state index contributed by atoms with van der Waals surface area (Å²) in [5.74, 6) is -0.297. The van der Waals surface area contributed by atoms with Crippen LogP contribution < -0.4 is 0 Å². The Kier molecular flexibility index (Phi) is 4.64. The lowest BCUT2D eigenvalue weighted by molar-refractivity contribution is -0.385. The predicted octanol–water partition coefficient (Wildman–Crippen LogP) is 3.02. The van der Waals surface area contributed by atoms with Gasteiger partial charge in [0.1, 0.15) is 4.47 Å². The average molecular weight is 350 g/mol. The Balaban J connectivity index is 2.24. The number of nitro benzene ring substituents is 1. The van der Waals surface area contributed by atoms with Crippen LogP contribution in [-0.2, 0) is 6.54 Å². The Hall–Kier alpha value is -2.28. The van der Waals surface area contributed by atoms with Crippen LogP contribution in [-0.4, -0.2) is 27.8 Å². The lowest BCUT2D eigenvalue weighted by atomic mass is 10.1. The van der Waals surface area contributed by atoms with Crippen molar-refractivity contribution in [2.45, 2.75) is 6.54 Å². The van der Waals surface area contributed by atoms with Crippen LogP contribution in [0.5, 0.6) is 0 Å². The Morgan fingerprint density at radius 1 is 1.38 bits per heavy atom. The fraction of sp³-hybridized carbons (Fsp3) is 0.143. The second-order valence-electron chi connectivity index (χ2n) is 4.42. The number of nitro groups is 1. The molecule has 1 heterocycles. The van der Waals surface area contributed by atoms with E-state index in [-0.39, 0.29) is 21.6 Å². The van der Waals surface area contributed by atoms with Crippen molar-refractivity contribution in [1.82, 2.24) is 9.88 Å². The molecule has 2 rings (SSSR count). The first-order chi connectivity index (χ1) is 10.0. The summed E-state index contributed by atoms with van der Waals surface area (Å²) in [5, 5.41) is 10.9. The lowest BCUT2D eigenvalue weighted by Gasteiger charge is -2.17. The van der Waals surface area contributed by atoms with Crippen molar-refractivity contribution in [2.24, 2.45) is 0 Å². The molecule has 0 spiro atoms. The summed E-state index contributed by atoms with van der Waals surface area (Å²) in [6.07, 6.45) is 3.33. The van der Waals surface area contributed by atoms with Gasteiger partial charge in [-0.2, -0.15) is 0 Å². The average Bonchev–Trinajstić information content (AvgIpc) is 2.47. The van der Waals surface area contributed by atoms with Crippen LogP contribution in [0.2, 0.25) is 0 Å². The third kappa shape index (κ3) is 3.43. The minimum absolute atomic E-state index is 0.129. The van der Waals surface area contributed by atoms with Gasteiger partial charge in [0.05, 0.1) is 10.5 Å². The number of benzene rings is 1. The molecule has 1 aromatic carbocycles. The minimum Gasteiger partial charge on any atom is -0.337 e. The smallest absolute Gasteiger partial charge is 0.284 e. The Bertz CT molecular complexity index is 676. The quantitative estimate of drug-likeness (QED) is 0.627. The monoisotopic (exact) mass is 349 g/mol. The number of pyridine rings is 1.